The standard InChI is InChI=1S/C17H18N2O4/c1-2-15(23-14-6-4-3-5-7-14)17(22)19-18-16(21)12-8-10-13(20)11-9-12/h3-11,15,20H,2H2,1H3,(H,18,21)(H,19,22)/t15-/m0/s1. The van der Waals surface area contributed by atoms with E-state index < -0.39 is 17.9 Å². The lowest BCUT2D eigenvalue weighted by molar-refractivity contribution is -0.128. The summed E-state index contributed by atoms with van der Waals surface area (Å²) in [7, 11) is 0. The Labute approximate surface area is 134 Å². The van der Waals surface area contributed by atoms with Crippen molar-refractivity contribution in [2.75, 3.05) is 0 Å². The minimum atomic E-state index is -0.711. The van der Waals surface area contributed by atoms with Crippen LogP contribution in [-0.4, -0.2) is 23.0 Å². The van der Waals surface area contributed by atoms with Crippen molar-refractivity contribution in [3.8, 4) is 11.5 Å². The van der Waals surface area contributed by atoms with Crippen LogP contribution in [0.5, 0.6) is 11.5 Å². The second-order valence-corrected chi connectivity index (χ2v) is 4.82. The van der Waals surface area contributed by atoms with Crippen molar-refractivity contribution in [2.45, 2.75) is 19.4 Å². The second kappa shape index (κ2) is 7.84. The van der Waals surface area contributed by atoms with Gasteiger partial charge in [0.2, 0.25) is 0 Å². The first-order chi connectivity index (χ1) is 11.1. The Hall–Kier alpha value is -3.02. The number of phenols is 1. The maximum absolute atomic E-state index is 12.1. The lowest BCUT2D eigenvalue weighted by Gasteiger charge is -2.17. The molecule has 0 aliphatic heterocycles. The van der Waals surface area contributed by atoms with Gasteiger partial charge in [-0.15, -0.1) is 0 Å². The van der Waals surface area contributed by atoms with Crippen LogP contribution < -0.4 is 15.6 Å². The molecule has 0 aliphatic rings. The van der Waals surface area contributed by atoms with E-state index in [1.165, 1.54) is 24.3 Å². The molecule has 0 fully saturated rings. The number of carbonyl (C=O) groups is 2. The van der Waals surface area contributed by atoms with Crippen LogP contribution in [0.1, 0.15) is 23.7 Å². The lowest BCUT2D eigenvalue weighted by atomic mass is 10.2. The fourth-order valence-electron chi connectivity index (χ4n) is 1.87. The highest BCUT2D eigenvalue weighted by Gasteiger charge is 2.19. The van der Waals surface area contributed by atoms with Crippen LogP contribution >= 0.6 is 0 Å². The van der Waals surface area contributed by atoms with Gasteiger partial charge in [-0.3, -0.25) is 20.4 Å². The van der Waals surface area contributed by atoms with Gasteiger partial charge in [0.15, 0.2) is 6.10 Å². The SMILES string of the molecule is CC[C@H](Oc1ccccc1)C(=O)NNC(=O)c1ccc(O)cc1. The largest absolute Gasteiger partial charge is 0.508 e. The van der Waals surface area contributed by atoms with Crippen molar-refractivity contribution in [1.29, 1.82) is 0 Å². The van der Waals surface area contributed by atoms with Gasteiger partial charge in [0.1, 0.15) is 11.5 Å². The molecule has 0 saturated heterocycles. The van der Waals surface area contributed by atoms with Crippen LogP contribution in [0.3, 0.4) is 0 Å². The fraction of sp³-hybridized carbons (Fsp3) is 0.176. The summed E-state index contributed by atoms with van der Waals surface area (Å²) in [6.45, 7) is 1.81. The zero-order valence-electron chi connectivity index (χ0n) is 12.7. The van der Waals surface area contributed by atoms with Crippen molar-refractivity contribution in [2.24, 2.45) is 0 Å². The van der Waals surface area contributed by atoms with Crippen molar-refractivity contribution in [3.05, 3.63) is 60.2 Å². The third-order valence-corrected chi connectivity index (χ3v) is 3.11. The summed E-state index contributed by atoms with van der Waals surface area (Å²) < 4.78 is 5.58. The highest BCUT2D eigenvalue weighted by molar-refractivity contribution is 5.95. The molecule has 2 aromatic carbocycles. The smallest absolute Gasteiger partial charge is 0.279 e. The molecule has 1 atom stereocenters. The normalized spacial score (nSPS) is 11.3. The van der Waals surface area contributed by atoms with E-state index in [-0.39, 0.29) is 5.75 Å². The van der Waals surface area contributed by atoms with E-state index in [0.29, 0.717) is 17.7 Å². The van der Waals surface area contributed by atoms with Gasteiger partial charge in [0, 0.05) is 5.56 Å². The molecule has 2 aromatic rings. The highest BCUT2D eigenvalue weighted by atomic mass is 16.5. The Bertz CT molecular complexity index is 656. The van der Waals surface area contributed by atoms with E-state index in [2.05, 4.69) is 10.9 Å². The Morgan fingerprint density at radius 3 is 2.30 bits per heavy atom. The van der Waals surface area contributed by atoms with Gasteiger partial charge < -0.3 is 9.84 Å². The quantitative estimate of drug-likeness (QED) is 0.737. The fourth-order valence-corrected chi connectivity index (χ4v) is 1.87. The summed E-state index contributed by atoms with van der Waals surface area (Å²) in [5.41, 5.74) is 4.98. The van der Waals surface area contributed by atoms with Gasteiger partial charge in [0.25, 0.3) is 11.8 Å². The van der Waals surface area contributed by atoms with Crippen LogP contribution in [-0.2, 0) is 4.79 Å². The summed E-state index contributed by atoms with van der Waals surface area (Å²) in [6, 6.07) is 14.7. The van der Waals surface area contributed by atoms with Gasteiger partial charge in [-0.05, 0) is 42.8 Å². The van der Waals surface area contributed by atoms with E-state index in [1.54, 1.807) is 12.1 Å². The summed E-state index contributed by atoms with van der Waals surface area (Å²) in [6.07, 6.45) is -0.256. The van der Waals surface area contributed by atoms with Crippen LogP contribution in [0.4, 0.5) is 0 Å². The average Bonchev–Trinajstić information content (AvgIpc) is 2.58. The van der Waals surface area contributed by atoms with Gasteiger partial charge in [0.05, 0.1) is 0 Å². The number of hydrazine groups is 1. The molecule has 120 valence electrons. The number of rotatable bonds is 5. The predicted octanol–water partition coefficient (Wildman–Crippen LogP) is 2.01. The molecule has 2 amide bonds. The van der Waals surface area contributed by atoms with Gasteiger partial charge in [-0.2, -0.15) is 0 Å². The van der Waals surface area contributed by atoms with Gasteiger partial charge >= 0.3 is 0 Å². The summed E-state index contributed by atoms with van der Waals surface area (Å²) in [4.78, 5) is 24.0. The molecule has 6 heteroatoms. The number of hydrogen-bond acceptors (Lipinski definition) is 4. The Kier molecular flexibility index (Phi) is 5.57. The maximum atomic E-state index is 12.1. The molecule has 0 unspecified atom stereocenters. The topological polar surface area (TPSA) is 87.7 Å². The van der Waals surface area contributed by atoms with Crippen molar-refractivity contribution in [3.63, 3.8) is 0 Å². The Morgan fingerprint density at radius 1 is 1.04 bits per heavy atom. The summed E-state index contributed by atoms with van der Waals surface area (Å²) >= 11 is 0. The minimum absolute atomic E-state index is 0.0629. The molecule has 0 aromatic heterocycles. The molecule has 0 saturated carbocycles. The number of hydrogen-bond donors (Lipinski definition) is 3. The molecule has 0 heterocycles. The van der Waals surface area contributed by atoms with E-state index in [4.69, 9.17) is 4.74 Å². The van der Waals surface area contributed by atoms with Crippen molar-refractivity contribution in [1.82, 2.24) is 10.9 Å². The number of aromatic hydroxyl groups is 1. The zero-order chi connectivity index (χ0) is 16.7. The number of nitrogens with one attached hydrogen (secondary N) is 2. The van der Waals surface area contributed by atoms with E-state index in [0.717, 1.165) is 0 Å². The number of phenolic OH excluding ortho intramolecular Hbond substituents is 1. The summed E-state index contributed by atoms with van der Waals surface area (Å²) in [5.74, 6) is -0.274. The minimum Gasteiger partial charge on any atom is -0.508 e. The number of benzene rings is 2. The molecule has 6 nitrogen and oxygen atoms in total. The van der Waals surface area contributed by atoms with Crippen molar-refractivity contribution < 1.29 is 19.4 Å². The summed E-state index contributed by atoms with van der Waals surface area (Å²) in [5, 5.41) is 9.18. The molecular formula is C17H18N2O4. The third kappa shape index (κ3) is 4.74. The Morgan fingerprint density at radius 2 is 1.70 bits per heavy atom. The third-order valence-electron chi connectivity index (χ3n) is 3.11. The molecular weight excluding hydrogens is 296 g/mol. The first kappa shape index (κ1) is 16.4. The lowest BCUT2D eigenvalue weighted by Crippen LogP contribution is -2.47. The average molecular weight is 314 g/mol. The Balaban J connectivity index is 1.89. The van der Waals surface area contributed by atoms with E-state index >= 15 is 0 Å². The van der Waals surface area contributed by atoms with Crippen LogP contribution in [0.2, 0.25) is 0 Å². The monoisotopic (exact) mass is 314 g/mol. The van der Waals surface area contributed by atoms with Crippen LogP contribution in [0.25, 0.3) is 0 Å². The molecule has 0 spiro atoms. The number of amides is 2. The van der Waals surface area contributed by atoms with Crippen LogP contribution in [0.15, 0.2) is 54.6 Å². The first-order valence-electron chi connectivity index (χ1n) is 7.21. The van der Waals surface area contributed by atoms with Crippen LogP contribution in [0, 0.1) is 0 Å². The second-order valence-electron chi connectivity index (χ2n) is 4.82. The maximum Gasteiger partial charge on any atom is 0.279 e. The first-order valence-corrected chi connectivity index (χ1v) is 7.21. The number of para-hydroxylation sites is 1. The number of carbonyl (C=O) groups excluding carboxylic acids is 2. The van der Waals surface area contributed by atoms with E-state index in [9.17, 15) is 14.7 Å². The van der Waals surface area contributed by atoms with Gasteiger partial charge in [-0.25, -0.2) is 0 Å². The molecule has 2 rings (SSSR count). The highest BCUT2D eigenvalue weighted by Crippen LogP contribution is 2.12. The molecule has 0 radical (unpaired) electrons. The molecule has 0 bridgehead atoms. The van der Waals surface area contributed by atoms with Crippen molar-refractivity contribution >= 4 is 11.8 Å². The molecule has 23 heavy (non-hydrogen) atoms. The zero-order valence-corrected chi connectivity index (χ0v) is 12.7. The molecule has 0 aliphatic carbocycles. The number of ether oxygens (including phenoxy) is 1. The predicted molar refractivity (Wildman–Crippen MR) is 84.9 cm³/mol. The van der Waals surface area contributed by atoms with E-state index in [1.807, 2.05) is 25.1 Å². The van der Waals surface area contributed by atoms with Gasteiger partial charge in [-0.1, -0.05) is 25.1 Å². The molecule has 3 N–H and O–H groups in total.